The highest BCUT2D eigenvalue weighted by atomic mass is 15.2. The fourth-order valence-electron chi connectivity index (χ4n) is 2.32. The van der Waals surface area contributed by atoms with Crippen LogP contribution in [0.2, 0.25) is 0 Å². The molecule has 124 valence electrons. The first-order valence-corrected chi connectivity index (χ1v) is 8.41. The summed E-state index contributed by atoms with van der Waals surface area (Å²) < 4.78 is 0. The first-order chi connectivity index (χ1) is 10.0. The zero-order valence-electron chi connectivity index (χ0n) is 14.7. The predicted molar refractivity (Wildman–Crippen MR) is 92.0 cm³/mol. The lowest BCUT2D eigenvalue weighted by Gasteiger charge is -2.32. The summed E-state index contributed by atoms with van der Waals surface area (Å²) in [5, 5.41) is 6.85. The van der Waals surface area contributed by atoms with Gasteiger partial charge in [-0.3, -0.25) is 4.99 Å². The van der Waals surface area contributed by atoms with Gasteiger partial charge in [0.1, 0.15) is 0 Å². The fourth-order valence-corrected chi connectivity index (χ4v) is 2.32. The van der Waals surface area contributed by atoms with Crippen molar-refractivity contribution < 1.29 is 0 Å². The monoisotopic (exact) mass is 297 g/mol. The number of unbranched alkanes of at least 4 members (excludes halogenated alkanes) is 1. The maximum atomic E-state index is 4.28. The largest absolute Gasteiger partial charge is 0.356 e. The number of nitrogens with one attached hydrogen (secondary N) is 2. The summed E-state index contributed by atoms with van der Waals surface area (Å²) in [6.45, 7) is 13.7. The maximum absolute atomic E-state index is 4.28. The van der Waals surface area contributed by atoms with Crippen LogP contribution in [0.25, 0.3) is 0 Å². The average Bonchev–Trinajstić information content (AvgIpc) is 2.47. The van der Waals surface area contributed by atoms with Crippen LogP contribution in [0.15, 0.2) is 4.99 Å². The molecule has 0 radical (unpaired) electrons. The van der Waals surface area contributed by atoms with Gasteiger partial charge >= 0.3 is 0 Å². The zero-order chi connectivity index (χ0) is 15.7. The van der Waals surface area contributed by atoms with Crippen molar-refractivity contribution in [2.75, 3.05) is 53.4 Å². The van der Waals surface area contributed by atoms with Gasteiger partial charge in [-0.25, -0.2) is 0 Å². The van der Waals surface area contributed by atoms with E-state index in [1.807, 2.05) is 7.05 Å². The first-order valence-electron chi connectivity index (χ1n) is 8.41. The third kappa shape index (κ3) is 7.67. The van der Waals surface area contributed by atoms with Crippen LogP contribution in [0.3, 0.4) is 0 Å². The number of guanidine groups is 1. The van der Waals surface area contributed by atoms with Gasteiger partial charge in [0.25, 0.3) is 0 Å². The number of nitrogens with zero attached hydrogens (tertiary/aromatic N) is 3. The van der Waals surface area contributed by atoms with Crippen molar-refractivity contribution in [3.63, 3.8) is 0 Å². The van der Waals surface area contributed by atoms with Crippen molar-refractivity contribution in [3.8, 4) is 0 Å². The van der Waals surface area contributed by atoms with Crippen LogP contribution in [0, 0.1) is 5.92 Å². The van der Waals surface area contributed by atoms with E-state index in [1.165, 1.54) is 45.6 Å². The van der Waals surface area contributed by atoms with E-state index in [9.17, 15) is 0 Å². The number of piperazine rings is 1. The Balaban J connectivity index is 2.07. The summed E-state index contributed by atoms with van der Waals surface area (Å²) in [6.07, 6.45) is 2.45. The van der Waals surface area contributed by atoms with Crippen LogP contribution in [-0.2, 0) is 0 Å². The van der Waals surface area contributed by atoms with Crippen molar-refractivity contribution in [3.05, 3.63) is 0 Å². The van der Waals surface area contributed by atoms with Crippen molar-refractivity contribution in [1.82, 2.24) is 20.4 Å². The molecule has 1 saturated heterocycles. The standard InChI is InChI=1S/C16H35N5/c1-14(2)15(3)19-16(17-4)18-8-6-7-9-21-12-10-20(5)11-13-21/h14-15H,6-13H2,1-5H3,(H2,17,18,19). The predicted octanol–water partition coefficient (Wildman–Crippen LogP) is 1.22. The quantitative estimate of drug-likeness (QED) is 0.421. The SMILES string of the molecule is CN=C(NCCCCN1CCN(C)CC1)NC(C)C(C)C. The van der Waals surface area contributed by atoms with E-state index in [4.69, 9.17) is 0 Å². The Morgan fingerprint density at radius 1 is 1.10 bits per heavy atom. The maximum Gasteiger partial charge on any atom is 0.191 e. The molecule has 0 spiro atoms. The van der Waals surface area contributed by atoms with Crippen LogP contribution in [0.5, 0.6) is 0 Å². The molecule has 1 atom stereocenters. The molecule has 21 heavy (non-hydrogen) atoms. The van der Waals surface area contributed by atoms with Gasteiger partial charge in [-0.2, -0.15) is 0 Å². The minimum absolute atomic E-state index is 0.446. The molecule has 0 bridgehead atoms. The van der Waals surface area contributed by atoms with Crippen LogP contribution >= 0.6 is 0 Å². The molecule has 0 aromatic rings. The second-order valence-electron chi connectivity index (χ2n) is 6.53. The molecule has 1 heterocycles. The van der Waals surface area contributed by atoms with Gasteiger partial charge in [-0.1, -0.05) is 13.8 Å². The lowest BCUT2D eigenvalue weighted by molar-refractivity contribution is 0.152. The molecule has 0 amide bonds. The third-order valence-electron chi connectivity index (χ3n) is 4.38. The Hall–Kier alpha value is -0.810. The molecule has 1 fully saturated rings. The summed E-state index contributed by atoms with van der Waals surface area (Å²) in [4.78, 5) is 9.27. The van der Waals surface area contributed by atoms with Crippen LogP contribution in [0.1, 0.15) is 33.6 Å². The topological polar surface area (TPSA) is 42.9 Å². The highest BCUT2D eigenvalue weighted by molar-refractivity contribution is 5.79. The molecule has 1 rings (SSSR count). The molecule has 1 unspecified atom stereocenters. The molecular weight excluding hydrogens is 262 g/mol. The van der Waals surface area contributed by atoms with E-state index >= 15 is 0 Å². The van der Waals surface area contributed by atoms with Gasteiger partial charge in [0.05, 0.1) is 0 Å². The van der Waals surface area contributed by atoms with E-state index in [2.05, 4.69) is 53.2 Å². The minimum atomic E-state index is 0.446. The number of rotatable bonds is 7. The molecule has 5 nitrogen and oxygen atoms in total. The Labute approximate surface area is 131 Å². The Kier molecular flexibility index (Phi) is 8.69. The van der Waals surface area contributed by atoms with Crippen LogP contribution in [0.4, 0.5) is 0 Å². The van der Waals surface area contributed by atoms with Gasteiger partial charge in [0.15, 0.2) is 5.96 Å². The summed E-state index contributed by atoms with van der Waals surface area (Å²) in [7, 11) is 4.05. The van der Waals surface area contributed by atoms with E-state index in [-0.39, 0.29) is 0 Å². The molecule has 2 N–H and O–H groups in total. The molecular formula is C16H35N5. The molecule has 1 aliphatic rings. The summed E-state index contributed by atoms with van der Waals surface area (Å²) in [5.41, 5.74) is 0. The highest BCUT2D eigenvalue weighted by Gasteiger charge is 2.12. The molecule has 1 aliphatic heterocycles. The van der Waals surface area contributed by atoms with Gasteiger partial charge in [0, 0.05) is 45.8 Å². The van der Waals surface area contributed by atoms with E-state index < -0.39 is 0 Å². The molecule has 5 heteroatoms. The van der Waals surface area contributed by atoms with Gasteiger partial charge < -0.3 is 20.4 Å². The molecule has 0 aliphatic carbocycles. The van der Waals surface area contributed by atoms with Gasteiger partial charge in [0.2, 0.25) is 0 Å². The molecule has 0 aromatic heterocycles. The minimum Gasteiger partial charge on any atom is -0.356 e. The summed E-state index contributed by atoms with van der Waals surface area (Å²) in [5.74, 6) is 1.54. The van der Waals surface area contributed by atoms with Crippen LogP contribution in [-0.4, -0.2) is 75.2 Å². The summed E-state index contributed by atoms with van der Waals surface area (Å²) >= 11 is 0. The van der Waals surface area contributed by atoms with Crippen molar-refractivity contribution in [2.45, 2.75) is 39.7 Å². The van der Waals surface area contributed by atoms with Crippen molar-refractivity contribution in [2.24, 2.45) is 10.9 Å². The molecule has 0 aromatic carbocycles. The Bertz CT molecular complexity index is 295. The second kappa shape index (κ2) is 10.0. The molecule has 0 saturated carbocycles. The van der Waals surface area contributed by atoms with E-state index in [1.54, 1.807) is 0 Å². The van der Waals surface area contributed by atoms with Gasteiger partial charge in [-0.15, -0.1) is 0 Å². The van der Waals surface area contributed by atoms with Crippen molar-refractivity contribution >= 4 is 5.96 Å². The second-order valence-corrected chi connectivity index (χ2v) is 6.53. The zero-order valence-corrected chi connectivity index (χ0v) is 14.7. The number of hydrogen-bond donors (Lipinski definition) is 2. The highest BCUT2D eigenvalue weighted by Crippen LogP contribution is 2.01. The van der Waals surface area contributed by atoms with Gasteiger partial charge in [-0.05, 0) is 39.3 Å². The third-order valence-corrected chi connectivity index (χ3v) is 4.38. The van der Waals surface area contributed by atoms with E-state index in [0.717, 1.165) is 12.5 Å². The average molecular weight is 297 g/mol. The smallest absolute Gasteiger partial charge is 0.191 e. The fraction of sp³-hybridized carbons (Fsp3) is 0.938. The summed E-state index contributed by atoms with van der Waals surface area (Å²) in [6, 6.07) is 0.446. The first kappa shape index (κ1) is 18.2. The number of aliphatic imine (C=N–C) groups is 1. The number of likely N-dealkylation sites (N-methyl/N-ethyl adjacent to an activating group) is 1. The van der Waals surface area contributed by atoms with E-state index in [0.29, 0.717) is 12.0 Å². The Morgan fingerprint density at radius 2 is 1.76 bits per heavy atom. The van der Waals surface area contributed by atoms with Crippen molar-refractivity contribution in [1.29, 1.82) is 0 Å². The Morgan fingerprint density at radius 3 is 2.33 bits per heavy atom. The lowest BCUT2D eigenvalue weighted by Crippen LogP contribution is -2.45. The number of hydrogen-bond acceptors (Lipinski definition) is 3. The lowest BCUT2D eigenvalue weighted by atomic mass is 10.1. The van der Waals surface area contributed by atoms with Crippen LogP contribution < -0.4 is 10.6 Å². The normalized spacial score (nSPS) is 19.8.